The molecule has 3 N–H and O–H groups in total. The minimum Gasteiger partial charge on any atom is -0.489 e. The summed E-state index contributed by atoms with van der Waals surface area (Å²) in [6.07, 6.45) is -2.01. The van der Waals surface area contributed by atoms with Crippen LogP contribution < -0.4 is 15.4 Å². The number of nitrogens with one attached hydrogen (secondary N) is 2. The Labute approximate surface area is 221 Å². The lowest BCUT2D eigenvalue weighted by Gasteiger charge is -2.18. The molecule has 3 aromatic carbocycles. The molecule has 0 saturated heterocycles. The number of hydrogen-bond donors (Lipinski definition) is 3. The Morgan fingerprint density at radius 1 is 0.816 bits per heavy atom. The first-order chi connectivity index (χ1) is 18.4. The summed E-state index contributed by atoms with van der Waals surface area (Å²) in [6.45, 7) is 0.335. The third-order valence-electron chi connectivity index (χ3n) is 5.55. The van der Waals surface area contributed by atoms with Gasteiger partial charge in [-0.25, -0.2) is 9.59 Å². The van der Waals surface area contributed by atoms with Gasteiger partial charge in [-0.05, 0) is 28.8 Å². The predicted octanol–water partition coefficient (Wildman–Crippen LogP) is 3.14. The first-order valence-electron chi connectivity index (χ1n) is 12.2. The fourth-order valence-electron chi connectivity index (χ4n) is 3.55. The summed E-state index contributed by atoms with van der Waals surface area (Å²) in [4.78, 5) is 36.6. The van der Waals surface area contributed by atoms with Crippen molar-refractivity contribution >= 4 is 18.0 Å². The maximum absolute atomic E-state index is 12.5. The van der Waals surface area contributed by atoms with Crippen molar-refractivity contribution in [3.8, 4) is 5.75 Å². The van der Waals surface area contributed by atoms with Crippen LogP contribution in [0.1, 0.15) is 23.1 Å². The molecular weight excluding hydrogens is 488 g/mol. The van der Waals surface area contributed by atoms with Gasteiger partial charge in [0.1, 0.15) is 25.0 Å². The number of benzene rings is 3. The van der Waals surface area contributed by atoms with E-state index in [1.807, 2.05) is 72.8 Å². The summed E-state index contributed by atoms with van der Waals surface area (Å²) in [6, 6.07) is 25.2. The normalized spacial score (nSPS) is 12.1. The van der Waals surface area contributed by atoms with Crippen LogP contribution in [0, 0.1) is 0 Å². The fourth-order valence-corrected chi connectivity index (χ4v) is 3.55. The third-order valence-corrected chi connectivity index (χ3v) is 5.55. The van der Waals surface area contributed by atoms with Gasteiger partial charge >= 0.3 is 12.1 Å². The predicted molar refractivity (Wildman–Crippen MR) is 140 cm³/mol. The Bertz CT molecular complexity index is 1150. The van der Waals surface area contributed by atoms with Crippen molar-refractivity contribution in [3.63, 3.8) is 0 Å². The molecule has 38 heavy (non-hydrogen) atoms. The molecule has 2 amide bonds. The van der Waals surface area contributed by atoms with Crippen molar-refractivity contribution < 1.29 is 33.7 Å². The molecule has 3 aromatic rings. The summed E-state index contributed by atoms with van der Waals surface area (Å²) < 4.78 is 15.7. The minimum absolute atomic E-state index is 0.0875. The molecule has 0 heterocycles. The summed E-state index contributed by atoms with van der Waals surface area (Å²) in [7, 11) is 1.24. The third kappa shape index (κ3) is 9.94. The smallest absolute Gasteiger partial charge is 0.407 e. The van der Waals surface area contributed by atoms with Gasteiger partial charge < -0.3 is 30.0 Å². The fraction of sp³-hybridized carbons (Fsp3) is 0.276. The average molecular weight is 521 g/mol. The number of methoxy groups -OCH3 is 1. The number of amides is 2. The van der Waals surface area contributed by atoms with Crippen LogP contribution in [-0.4, -0.2) is 48.9 Å². The van der Waals surface area contributed by atoms with Gasteiger partial charge in [0.2, 0.25) is 5.91 Å². The van der Waals surface area contributed by atoms with Crippen LogP contribution in [0.25, 0.3) is 0 Å². The highest BCUT2D eigenvalue weighted by atomic mass is 16.5. The van der Waals surface area contributed by atoms with Gasteiger partial charge in [0.05, 0.1) is 19.6 Å². The zero-order valence-corrected chi connectivity index (χ0v) is 21.2. The molecule has 0 fully saturated rings. The van der Waals surface area contributed by atoms with Crippen molar-refractivity contribution in [2.75, 3.05) is 13.7 Å². The Morgan fingerprint density at radius 2 is 1.42 bits per heavy atom. The van der Waals surface area contributed by atoms with Gasteiger partial charge in [-0.3, -0.25) is 4.79 Å². The lowest BCUT2D eigenvalue weighted by atomic mass is 10.1. The molecular formula is C29H32N2O7. The average Bonchev–Trinajstić information content (AvgIpc) is 2.95. The summed E-state index contributed by atoms with van der Waals surface area (Å²) in [5, 5.41) is 15.2. The molecule has 9 nitrogen and oxygen atoms in total. The Kier molecular flexibility index (Phi) is 11.1. The Balaban J connectivity index is 1.43. The number of esters is 1. The van der Waals surface area contributed by atoms with E-state index in [2.05, 4.69) is 10.6 Å². The first kappa shape index (κ1) is 28.2. The van der Waals surface area contributed by atoms with Crippen molar-refractivity contribution in [1.82, 2.24) is 10.6 Å². The largest absolute Gasteiger partial charge is 0.489 e. The summed E-state index contributed by atoms with van der Waals surface area (Å²) >= 11 is 0. The Hall–Kier alpha value is -4.37. The van der Waals surface area contributed by atoms with Crippen LogP contribution in [0.3, 0.4) is 0 Å². The Morgan fingerprint density at radius 3 is 2.03 bits per heavy atom. The molecule has 0 saturated carbocycles. The highest BCUT2D eigenvalue weighted by molar-refractivity contribution is 5.85. The molecule has 2 atom stereocenters. The molecule has 0 aliphatic heterocycles. The van der Waals surface area contributed by atoms with Crippen LogP contribution in [0.5, 0.6) is 5.75 Å². The van der Waals surface area contributed by atoms with Gasteiger partial charge in [0, 0.05) is 13.0 Å². The first-order valence-corrected chi connectivity index (χ1v) is 12.2. The van der Waals surface area contributed by atoms with Crippen LogP contribution in [0.2, 0.25) is 0 Å². The van der Waals surface area contributed by atoms with Crippen LogP contribution in [0.15, 0.2) is 84.9 Å². The highest BCUT2D eigenvalue weighted by Crippen LogP contribution is 2.16. The van der Waals surface area contributed by atoms with Gasteiger partial charge in [-0.15, -0.1) is 0 Å². The van der Waals surface area contributed by atoms with E-state index in [1.165, 1.54) is 7.11 Å². The number of rotatable bonds is 13. The van der Waals surface area contributed by atoms with Crippen molar-refractivity contribution in [2.45, 2.75) is 38.2 Å². The summed E-state index contributed by atoms with van der Waals surface area (Å²) in [5.41, 5.74) is 2.66. The number of carbonyl (C=O) groups excluding carboxylic acids is 3. The molecule has 0 spiro atoms. The number of ether oxygens (including phenoxy) is 3. The van der Waals surface area contributed by atoms with E-state index in [0.717, 1.165) is 16.7 Å². The maximum atomic E-state index is 12.5. The van der Waals surface area contributed by atoms with Crippen molar-refractivity contribution in [2.24, 2.45) is 0 Å². The standard InChI is InChI=1S/C29H32N2O7/c1-36-28(34)26(16-21-12-14-25(15-13-21)37-19-22-8-4-2-5-9-22)31-27(33)17-24(32)18-30-29(35)38-20-23-10-6-3-7-11-23/h2-15,24,26,32H,16-20H2,1H3,(H,30,35)(H,31,33)/t24-,26-/m1/s1. The minimum atomic E-state index is -1.17. The van der Waals surface area contributed by atoms with Gasteiger partial charge in [0.15, 0.2) is 0 Å². The molecule has 0 bridgehead atoms. The summed E-state index contributed by atoms with van der Waals surface area (Å²) in [5.74, 6) is -0.496. The van der Waals surface area contributed by atoms with E-state index in [1.54, 1.807) is 12.1 Å². The lowest BCUT2D eigenvalue weighted by molar-refractivity contribution is -0.145. The number of alkyl carbamates (subject to hydrolysis) is 1. The van der Waals surface area contributed by atoms with E-state index < -0.39 is 30.1 Å². The zero-order valence-electron chi connectivity index (χ0n) is 21.2. The van der Waals surface area contributed by atoms with Crippen LogP contribution >= 0.6 is 0 Å². The molecule has 0 unspecified atom stereocenters. The topological polar surface area (TPSA) is 123 Å². The molecule has 0 radical (unpaired) electrons. The second-order valence-electron chi connectivity index (χ2n) is 8.57. The quantitative estimate of drug-likeness (QED) is 0.296. The molecule has 0 aromatic heterocycles. The second-order valence-corrected chi connectivity index (χ2v) is 8.57. The van der Waals surface area contributed by atoms with E-state index in [0.29, 0.717) is 12.4 Å². The van der Waals surface area contributed by atoms with E-state index in [4.69, 9.17) is 14.2 Å². The van der Waals surface area contributed by atoms with E-state index >= 15 is 0 Å². The molecule has 0 aliphatic rings. The van der Waals surface area contributed by atoms with E-state index in [-0.39, 0.29) is 26.0 Å². The number of hydrogen-bond acceptors (Lipinski definition) is 7. The molecule has 3 rings (SSSR count). The van der Waals surface area contributed by atoms with Gasteiger partial charge in [-0.2, -0.15) is 0 Å². The lowest BCUT2D eigenvalue weighted by Crippen LogP contribution is -2.45. The molecule has 9 heteroatoms. The monoisotopic (exact) mass is 520 g/mol. The SMILES string of the molecule is COC(=O)[C@@H](Cc1ccc(OCc2ccccc2)cc1)NC(=O)C[C@@H](O)CNC(=O)OCc1ccccc1. The van der Waals surface area contributed by atoms with E-state index in [9.17, 15) is 19.5 Å². The molecule has 0 aliphatic carbocycles. The highest BCUT2D eigenvalue weighted by Gasteiger charge is 2.23. The van der Waals surface area contributed by atoms with Gasteiger partial charge in [-0.1, -0.05) is 72.8 Å². The van der Waals surface area contributed by atoms with Crippen molar-refractivity contribution in [1.29, 1.82) is 0 Å². The number of aliphatic hydroxyl groups is 1. The maximum Gasteiger partial charge on any atom is 0.407 e. The van der Waals surface area contributed by atoms with Crippen LogP contribution in [-0.2, 0) is 38.7 Å². The second kappa shape index (κ2) is 15.0. The number of aliphatic hydroxyl groups excluding tert-OH is 1. The van der Waals surface area contributed by atoms with Crippen molar-refractivity contribution in [3.05, 3.63) is 102 Å². The molecule has 200 valence electrons. The van der Waals surface area contributed by atoms with Crippen LogP contribution in [0.4, 0.5) is 4.79 Å². The zero-order chi connectivity index (χ0) is 27.2. The number of carbonyl (C=O) groups is 3. The van der Waals surface area contributed by atoms with Gasteiger partial charge in [0.25, 0.3) is 0 Å².